The monoisotopic (exact) mass is 638 g/mol. The van der Waals surface area contributed by atoms with Crippen LogP contribution in [0.3, 0.4) is 0 Å². The highest BCUT2D eigenvalue weighted by Crippen LogP contribution is 2.50. The third kappa shape index (κ3) is 4.54. The topological polar surface area (TPSA) is 0 Å². The Hall–Kier alpha value is -5.89. The SMILES string of the molecule is c1ccc2c(-c3c4ccccc4cc4ccccc34)c(Sc3ccc4ccccc4c3-c3c4ccccc4cc4ccccc34)ccc2c1. The van der Waals surface area contributed by atoms with Crippen molar-refractivity contribution in [3.8, 4) is 22.3 Å². The van der Waals surface area contributed by atoms with E-state index in [2.05, 4.69) is 182 Å². The van der Waals surface area contributed by atoms with Gasteiger partial charge in [0.2, 0.25) is 0 Å². The minimum atomic E-state index is 1.25. The van der Waals surface area contributed by atoms with Crippen LogP contribution in [-0.2, 0) is 0 Å². The molecule has 0 radical (unpaired) electrons. The van der Waals surface area contributed by atoms with Gasteiger partial charge in [0.1, 0.15) is 0 Å². The van der Waals surface area contributed by atoms with Gasteiger partial charge in [-0.1, -0.05) is 169 Å². The smallest absolute Gasteiger partial charge is 0.0207 e. The van der Waals surface area contributed by atoms with Crippen molar-refractivity contribution < 1.29 is 0 Å². The molecule has 0 aliphatic heterocycles. The molecule has 0 spiro atoms. The molecule has 0 aromatic heterocycles. The van der Waals surface area contributed by atoms with Crippen LogP contribution >= 0.6 is 11.8 Å². The van der Waals surface area contributed by atoms with Crippen LogP contribution in [0.1, 0.15) is 0 Å². The van der Waals surface area contributed by atoms with E-state index in [1.54, 1.807) is 0 Å². The van der Waals surface area contributed by atoms with Gasteiger partial charge < -0.3 is 0 Å². The Morgan fingerprint density at radius 1 is 0.224 bits per heavy atom. The van der Waals surface area contributed by atoms with Crippen molar-refractivity contribution >= 4 is 76.4 Å². The van der Waals surface area contributed by atoms with Gasteiger partial charge in [0.05, 0.1) is 0 Å². The summed E-state index contributed by atoms with van der Waals surface area (Å²) in [5, 5.41) is 15.2. The maximum atomic E-state index is 2.35. The van der Waals surface area contributed by atoms with Crippen molar-refractivity contribution in [2.45, 2.75) is 9.79 Å². The van der Waals surface area contributed by atoms with Gasteiger partial charge in [0, 0.05) is 20.9 Å². The van der Waals surface area contributed by atoms with Crippen LogP contribution in [0.25, 0.3) is 86.9 Å². The van der Waals surface area contributed by atoms with Crippen LogP contribution in [0.5, 0.6) is 0 Å². The highest BCUT2D eigenvalue weighted by molar-refractivity contribution is 7.99. The van der Waals surface area contributed by atoms with Gasteiger partial charge in [0.15, 0.2) is 0 Å². The summed E-state index contributed by atoms with van der Waals surface area (Å²) in [6.07, 6.45) is 0. The molecule has 0 atom stereocenters. The molecule has 0 heterocycles. The summed E-state index contributed by atoms with van der Waals surface area (Å²) in [6, 6.07) is 67.1. The Labute approximate surface area is 289 Å². The molecule has 0 nitrogen and oxygen atoms in total. The molecule has 0 unspecified atom stereocenters. The second-order valence-corrected chi connectivity index (χ2v) is 13.9. The van der Waals surface area contributed by atoms with Crippen molar-refractivity contribution in [3.05, 3.63) is 182 Å². The third-order valence-electron chi connectivity index (χ3n) is 10.0. The van der Waals surface area contributed by atoms with Crippen molar-refractivity contribution in [1.29, 1.82) is 0 Å². The maximum Gasteiger partial charge on any atom is 0.0207 e. The average molecular weight is 639 g/mol. The lowest BCUT2D eigenvalue weighted by Gasteiger charge is -2.21. The molecule has 0 aliphatic carbocycles. The van der Waals surface area contributed by atoms with E-state index < -0.39 is 0 Å². The first-order valence-corrected chi connectivity index (χ1v) is 17.7. The molecule has 0 bridgehead atoms. The molecular weight excluding hydrogens is 609 g/mol. The van der Waals surface area contributed by atoms with Crippen LogP contribution in [-0.4, -0.2) is 0 Å². The third-order valence-corrected chi connectivity index (χ3v) is 11.2. The lowest BCUT2D eigenvalue weighted by atomic mass is 9.89. The summed E-state index contributed by atoms with van der Waals surface area (Å²) < 4.78 is 0. The number of hydrogen-bond donors (Lipinski definition) is 0. The van der Waals surface area contributed by atoms with Crippen LogP contribution in [0.15, 0.2) is 192 Å². The molecule has 10 rings (SSSR count). The molecule has 0 saturated heterocycles. The number of benzene rings is 10. The van der Waals surface area contributed by atoms with E-state index in [1.165, 1.54) is 96.7 Å². The van der Waals surface area contributed by atoms with Gasteiger partial charge >= 0.3 is 0 Å². The fraction of sp³-hybridized carbons (Fsp3) is 0. The zero-order valence-corrected chi connectivity index (χ0v) is 27.5. The Morgan fingerprint density at radius 3 is 0.816 bits per heavy atom. The summed E-state index contributed by atoms with van der Waals surface area (Å²) in [5.41, 5.74) is 5.17. The summed E-state index contributed by atoms with van der Waals surface area (Å²) in [5.74, 6) is 0. The largest absolute Gasteiger partial charge is 0.0887 e. The van der Waals surface area contributed by atoms with E-state index in [9.17, 15) is 0 Å². The molecule has 10 aromatic carbocycles. The first-order valence-electron chi connectivity index (χ1n) is 16.8. The molecule has 1 heteroatoms. The second-order valence-electron chi connectivity index (χ2n) is 12.8. The predicted octanol–water partition coefficient (Wildman–Crippen LogP) is 14.1. The molecule has 0 fully saturated rings. The molecule has 0 aliphatic rings. The summed E-state index contributed by atoms with van der Waals surface area (Å²) in [7, 11) is 0. The Balaban J connectivity index is 1.32. The van der Waals surface area contributed by atoms with E-state index in [1.807, 2.05) is 11.8 Å². The summed E-state index contributed by atoms with van der Waals surface area (Å²) in [4.78, 5) is 2.50. The van der Waals surface area contributed by atoms with Gasteiger partial charge in [-0.25, -0.2) is 0 Å². The minimum Gasteiger partial charge on any atom is -0.0887 e. The van der Waals surface area contributed by atoms with Gasteiger partial charge in [-0.2, -0.15) is 0 Å². The van der Waals surface area contributed by atoms with Gasteiger partial charge in [-0.15, -0.1) is 0 Å². The molecule has 0 saturated carbocycles. The predicted molar refractivity (Wildman–Crippen MR) is 213 cm³/mol. The molecule has 49 heavy (non-hydrogen) atoms. The minimum absolute atomic E-state index is 1.25. The summed E-state index contributed by atoms with van der Waals surface area (Å²) in [6.45, 7) is 0. The van der Waals surface area contributed by atoms with E-state index in [-0.39, 0.29) is 0 Å². The molecular formula is C48H30S. The van der Waals surface area contributed by atoms with Crippen molar-refractivity contribution in [2.75, 3.05) is 0 Å². The Kier molecular flexibility index (Phi) is 6.53. The lowest BCUT2D eigenvalue weighted by molar-refractivity contribution is 1.45. The highest BCUT2D eigenvalue weighted by atomic mass is 32.2. The number of hydrogen-bond acceptors (Lipinski definition) is 1. The van der Waals surface area contributed by atoms with E-state index >= 15 is 0 Å². The Morgan fingerprint density at radius 2 is 0.490 bits per heavy atom. The fourth-order valence-electron chi connectivity index (χ4n) is 7.87. The molecule has 10 aromatic rings. The first-order chi connectivity index (χ1) is 24.3. The van der Waals surface area contributed by atoms with Crippen molar-refractivity contribution in [1.82, 2.24) is 0 Å². The maximum absolute atomic E-state index is 2.35. The first kappa shape index (κ1) is 28.2. The number of fused-ring (bicyclic) bond motifs is 6. The van der Waals surface area contributed by atoms with Gasteiger partial charge in [0.25, 0.3) is 0 Å². The van der Waals surface area contributed by atoms with Gasteiger partial charge in [-0.05, 0) is 100 Å². The fourth-order valence-corrected chi connectivity index (χ4v) is 9.01. The molecule has 228 valence electrons. The average Bonchev–Trinajstić information content (AvgIpc) is 3.16. The highest BCUT2D eigenvalue weighted by Gasteiger charge is 2.21. The standard InChI is InChI=1S/C48H30S/c1-7-19-37-31(13-1)25-27-43(47(37)45-39-21-9-3-15-33(39)29-34-16-4-10-22-40(34)45)49-44-28-26-32-14-2-8-20-38(32)48(44)46-41-23-11-5-17-35(41)30-36-18-6-12-24-42(36)46/h1-30H. The van der Waals surface area contributed by atoms with Crippen molar-refractivity contribution in [2.24, 2.45) is 0 Å². The van der Waals surface area contributed by atoms with Crippen molar-refractivity contribution in [3.63, 3.8) is 0 Å². The normalized spacial score (nSPS) is 11.8. The Bertz CT molecular complexity index is 2610. The molecule has 0 amide bonds. The van der Waals surface area contributed by atoms with E-state index in [0.29, 0.717) is 0 Å². The van der Waals surface area contributed by atoms with E-state index in [4.69, 9.17) is 0 Å². The summed E-state index contributed by atoms with van der Waals surface area (Å²) >= 11 is 1.89. The molecule has 0 N–H and O–H groups in total. The van der Waals surface area contributed by atoms with E-state index in [0.717, 1.165) is 0 Å². The van der Waals surface area contributed by atoms with Crippen LogP contribution < -0.4 is 0 Å². The number of rotatable bonds is 4. The van der Waals surface area contributed by atoms with Gasteiger partial charge in [-0.3, -0.25) is 0 Å². The van der Waals surface area contributed by atoms with Crippen LogP contribution in [0, 0.1) is 0 Å². The van der Waals surface area contributed by atoms with Crippen LogP contribution in [0.2, 0.25) is 0 Å². The zero-order chi connectivity index (χ0) is 32.3. The quantitative estimate of drug-likeness (QED) is 0.173. The van der Waals surface area contributed by atoms with Crippen LogP contribution in [0.4, 0.5) is 0 Å². The zero-order valence-electron chi connectivity index (χ0n) is 26.7. The second kappa shape index (κ2) is 11.4. The lowest BCUT2D eigenvalue weighted by Crippen LogP contribution is -1.93.